The number of methoxy groups -OCH3 is 1. The van der Waals surface area contributed by atoms with Crippen molar-refractivity contribution < 1.29 is 4.74 Å². The highest BCUT2D eigenvalue weighted by Crippen LogP contribution is 2.26. The van der Waals surface area contributed by atoms with Gasteiger partial charge in [0.15, 0.2) is 0 Å². The molecule has 0 bridgehead atoms. The average Bonchev–Trinajstić information content (AvgIpc) is 2.65. The van der Waals surface area contributed by atoms with Gasteiger partial charge in [0.1, 0.15) is 5.75 Å². The van der Waals surface area contributed by atoms with Crippen LogP contribution in [-0.2, 0) is 0 Å². The maximum absolute atomic E-state index is 11.2. The molecular formula is C8H7BrN4O2. The molecule has 15 heavy (non-hydrogen) atoms. The molecule has 1 N–H and O–H groups in total. The molecule has 2 aromatic rings. The quantitative estimate of drug-likeness (QED) is 0.873. The first-order valence-corrected chi connectivity index (χ1v) is 4.86. The molecular weight excluding hydrogens is 264 g/mol. The fourth-order valence-electron chi connectivity index (χ4n) is 1.15. The number of rotatable bonds is 2. The summed E-state index contributed by atoms with van der Waals surface area (Å²) in [5, 5.41) is 9.23. The number of halogens is 1. The standard InChI is InChI=1S/C8H7BrN4O2/c1-15-7-4-5(2-3-6(7)9)13-8(14)10-11-12-13/h2-4H,1H3,(H,10,12,14). The lowest BCUT2D eigenvalue weighted by Gasteiger charge is -2.04. The van der Waals surface area contributed by atoms with E-state index in [2.05, 4.69) is 31.5 Å². The lowest BCUT2D eigenvalue weighted by atomic mass is 10.3. The molecule has 0 saturated heterocycles. The molecule has 1 aromatic carbocycles. The molecule has 0 aliphatic heterocycles. The van der Waals surface area contributed by atoms with E-state index >= 15 is 0 Å². The van der Waals surface area contributed by atoms with Crippen LogP contribution in [0.1, 0.15) is 0 Å². The first kappa shape index (κ1) is 9.91. The minimum atomic E-state index is -0.389. The summed E-state index contributed by atoms with van der Waals surface area (Å²) in [4.78, 5) is 11.2. The van der Waals surface area contributed by atoms with Crippen molar-refractivity contribution in [2.75, 3.05) is 7.11 Å². The molecule has 0 aliphatic rings. The van der Waals surface area contributed by atoms with Gasteiger partial charge >= 0.3 is 5.69 Å². The van der Waals surface area contributed by atoms with Crippen molar-refractivity contribution in [2.24, 2.45) is 0 Å². The molecule has 0 amide bonds. The van der Waals surface area contributed by atoms with E-state index in [9.17, 15) is 4.79 Å². The Morgan fingerprint density at radius 3 is 2.93 bits per heavy atom. The van der Waals surface area contributed by atoms with E-state index < -0.39 is 0 Å². The first-order chi connectivity index (χ1) is 7.22. The van der Waals surface area contributed by atoms with Crippen LogP contribution in [0.15, 0.2) is 27.5 Å². The maximum Gasteiger partial charge on any atom is 0.365 e. The van der Waals surface area contributed by atoms with Crippen molar-refractivity contribution in [3.63, 3.8) is 0 Å². The molecule has 0 atom stereocenters. The maximum atomic E-state index is 11.2. The van der Waals surface area contributed by atoms with Crippen molar-refractivity contribution >= 4 is 15.9 Å². The number of nitrogens with zero attached hydrogens (tertiary/aromatic N) is 3. The lowest BCUT2D eigenvalue weighted by Crippen LogP contribution is -2.15. The highest BCUT2D eigenvalue weighted by atomic mass is 79.9. The topological polar surface area (TPSA) is 72.8 Å². The van der Waals surface area contributed by atoms with Gasteiger partial charge in [0, 0.05) is 6.07 Å². The van der Waals surface area contributed by atoms with E-state index in [1.165, 1.54) is 0 Å². The van der Waals surface area contributed by atoms with E-state index in [4.69, 9.17) is 4.74 Å². The largest absolute Gasteiger partial charge is 0.495 e. The van der Waals surface area contributed by atoms with Crippen LogP contribution in [0.25, 0.3) is 5.69 Å². The smallest absolute Gasteiger partial charge is 0.365 e. The third-order valence-electron chi connectivity index (χ3n) is 1.85. The summed E-state index contributed by atoms with van der Waals surface area (Å²) < 4.78 is 7.06. The highest BCUT2D eigenvalue weighted by Gasteiger charge is 2.06. The molecule has 0 unspecified atom stereocenters. The average molecular weight is 271 g/mol. The van der Waals surface area contributed by atoms with Gasteiger partial charge in [0.25, 0.3) is 0 Å². The Morgan fingerprint density at radius 2 is 2.33 bits per heavy atom. The van der Waals surface area contributed by atoms with Gasteiger partial charge in [-0.2, -0.15) is 4.68 Å². The zero-order valence-electron chi connectivity index (χ0n) is 7.77. The molecule has 0 aliphatic carbocycles. The Labute approximate surface area is 93.0 Å². The fourth-order valence-corrected chi connectivity index (χ4v) is 1.56. The molecule has 0 spiro atoms. The predicted octanol–water partition coefficient (Wildman–Crippen LogP) is 0.727. The van der Waals surface area contributed by atoms with Crippen LogP contribution in [0.2, 0.25) is 0 Å². The van der Waals surface area contributed by atoms with Gasteiger partial charge in [-0.25, -0.2) is 9.89 Å². The molecule has 0 radical (unpaired) electrons. The Hall–Kier alpha value is -1.63. The van der Waals surface area contributed by atoms with Gasteiger partial charge in [-0.05, 0) is 38.5 Å². The van der Waals surface area contributed by atoms with Crippen LogP contribution in [0.5, 0.6) is 5.75 Å². The van der Waals surface area contributed by atoms with E-state index in [-0.39, 0.29) is 5.69 Å². The third kappa shape index (κ3) is 1.78. The minimum absolute atomic E-state index is 0.389. The summed E-state index contributed by atoms with van der Waals surface area (Å²) >= 11 is 3.32. The van der Waals surface area contributed by atoms with Gasteiger partial charge in [-0.3, -0.25) is 0 Å². The molecule has 2 rings (SSSR count). The zero-order valence-corrected chi connectivity index (χ0v) is 9.35. The van der Waals surface area contributed by atoms with Crippen molar-refractivity contribution in [1.29, 1.82) is 0 Å². The molecule has 0 saturated carbocycles. The number of aromatic nitrogens is 4. The van der Waals surface area contributed by atoms with Gasteiger partial charge in [-0.15, -0.1) is 0 Å². The molecule has 0 fully saturated rings. The second kappa shape index (κ2) is 3.85. The summed E-state index contributed by atoms with van der Waals surface area (Å²) in [5.74, 6) is 0.627. The summed E-state index contributed by atoms with van der Waals surface area (Å²) in [6, 6.07) is 5.19. The molecule has 7 heteroatoms. The number of benzene rings is 1. The van der Waals surface area contributed by atoms with Crippen LogP contribution in [0.3, 0.4) is 0 Å². The number of hydrogen-bond acceptors (Lipinski definition) is 4. The number of aromatic amines is 1. The van der Waals surface area contributed by atoms with Crippen LogP contribution in [-0.4, -0.2) is 27.3 Å². The molecule has 1 aromatic heterocycles. The molecule has 78 valence electrons. The van der Waals surface area contributed by atoms with E-state index in [0.29, 0.717) is 11.4 Å². The Balaban J connectivity index is 2.55. The van der Waals surface area contributed by atoms with E-state index in [1.807, 2.05) is 0 Å². The Bertz CT molecular complexity index is 533. The van der Waals surface area contributed by atoms with Crippen LogP contribution in [0.4, 0.5) is 0 Å². The van der Waals surface area contributed by atoms with Crippen LogP contribution in [0, 0.1) is 0 Å². The van der Waals surface area contributed by atoms with Crippen molar-refractivity contribution in [1.82, 2.24) is 20.2 Å². The Kier molecular flexibility index (Phi) is 2.55. The van der Waals surface area contributed by atoms with Crippen LogP contribution < -0.4 is 10.4 Å². The molecule has 1 heterocycles. The van der Waals surface area contributed by atoms with E-state index in [1.54, 1.807) is 25.3 Å². The van der Waals surface area contributed by atoms with Crippen LogP contribution >= 0.6 is 15.9 Å². The Morgan fingerprint density at radius 1 is 1.53 bits per heavy atom. The summed E-state index contributed by atoms with van der Waals surface area (Å²) in [6.07, 6.45) is 0. The summed E-state index contributed by atoms with van der Waals surface area (Å²) in [7, 11) is 1.55. The van der Waals surface area contributed by atoms with Gasteiger partial charge in [0.2, 0.25) is 0 Å². The second-order valence-electron chi connectivity index (χ2n) is 2.74. The number of H-pyrrole nitrogens is 1. The van der Waals surface area contributed by atoms with Gasteiger partial charge in [0.05, 0.1) is 17.3 Å². The summed E-state index contributed by atoms with van der Waals surface area (Å²) in [6.45, 7) is 0. The highest BCUT2D eigenvalue weighted by molar-refractivity contribution is 9.10. The molecule has 6 nitrogen and oxygen atoms in total. The summed E-state index contributed by atoms with van der Waals surface area (Å²) in [5.41, 5.74) is 0.202. The monoisotopic (exact) mass is 270 g/mol. The van der Waals surface area contributed by atoms with Crippen molar-refractivity contribution in [2.45, 2.75) is 0 Å². The lowest BCUT2D eigenvalue weighted by molar-refractivity contribution is 0.412. The number of tetrazole rings is 1. The second-order valence-corrected chi connectivity index (χ2v) is 3.59. The third-order valence-corrected chi connectivity index (χ3v) is 2.51. The predicted molar refractivity (Wildman–Crippen MR) is 56.2 cm³/mol. The SMILES string of the molecule is COc1cc(-n2nn[nH]c2=O)ccc1Br. The fraction of sp³-hybridized carbons (Fsp3) is 0.125. The zero-order chi connectivity index (χ0) is 10.8. The van der Waals surface area contributed by atoms with Crippen molar-refractivity contribution in [3.8, 4) is 11.4 Å². The van der Waals surface area contributed by atoms with Gasteiger partial charge < -0.3 is 4.74 Å². The first-order valence-electron chi connectivity index (χ1n) is 4.06. The number of nitrogens with one attached hydrogen (secondary N) is 1. The van der Waals surface area contributed by atoms with Gasteiger partial charge in [-0.1, -0.05) is 0 Å². The van der Waals surface area contributed by atoms with E-state index in [0.717, 1.165) is 9.15 Å². The van der Waals surface area contributed by atoms with Crippen molar-refractivity contribution in [3.05, 3.63) is 33.2 Å². The minimum Gasteiger partial charge on any atom is -0.495 e. The normalized spacial score (nSPS) is 10.3. The number of hydrogen-bond donors (Lipinski definition) is 1. The number of ether oxygens (including phenoxy) is 1.